The van der Waals surface area contributed by atoms with Gasteiger partial charge < -0.3 is 19.3 Å². The quantitative estimate of drug-likeness (QED) is 0.771. The normalized spacial score (nSPS) is 10.1. The Morgan fingerprint density at radius 1 is 0.833 bits per heavy atom. The average Bonchev–Trinajstić information content (AvgIpc) is 2.59. The molecule has 1 heterocycles. The number of nitrogens with zero attached hydrogens (tertiary/aromatic N) is 1. The Labute approximate surface area is 146 Å². The van der Waals surface area contributed by atoms with E-state index >= 15 is 0 Å². The van der Waals surface area contributed by atoms with Gasteiger partial charge in [-0.05, 0) is 41.8 Å². The van der Waals surface area contributed by atoms with Gasteiger partial charge in [-0.15, -0.1) is 12.4 Å². The Morgan fingerprint density at radius 2 is 1.50 bits per heavy atom. The second-order valence-electron chi connectivity index (χ2n) is 4.97. The molecule has 0 saturated heterocycles. The zero-order valence-electron chi connectivity index (χ0n) is 13.6. The fourth-order valence-electron chi connectivity index (χ4n) is 2.57. The van der Waals surface area contributed by atoms with Gasteiger partial charge >= 0.3 is 0 Å². The summed E-state index contributed by atoms with van der Waals surface area (Å²) < 4.78 is 15.8. The zero-order valence-corrected chi connectivity index (χ0v) is 14.4. The minimum Gasteiger partial charge on any atom is -0.504 e. The van der Waals surface area contributed by atoms with E-state index in [4.69, 9.17) is 14.2 Å². The SMILES string of the molecule is COc1ccc(-c2nccc3cc(OC)c(OC)cc23)cc1O.Cl. The van der Waals surface area contributed by atoms with Gasteiger partial charge in [0.1, 0.15) is 0 Å². The fourth-order valence-corrected chi connectivity index (χ4v) is 2.57. The van der Waals surface area contributed by atoms with E-state index in [1.54, 1.807) is 32.5 Å². The summed E-state index contributed by atoms with van der Waals surface area (Å²) in [7, 11) is 4.72. The number of hydrogen-bond acceptors (Lipinski definition) is 5. The Balaban J connectivity index is 0.00000208. The van der Waals surface area contributed by atoms with Gasteiger partial charge in [-0.2, -0.15) is 0 Å². The lowest BCUT2D eigenvalue weighted by molar-refractivity contribution is 0.356. The molecular weight excluding hydrogens is 330 g/mol. The Bertz CT molecular complexity index is 867. The first-order chi connectivity index (χ1) is 11.2. The summed E-state index contributed by atoms with van der Waals surface area (Å²) in [5.41, 5.74) is 1.54. The number of aromatic hydroxyl groups is 1. The van der Waals surface area contributed by atoms with Crippen molar-refractivity contribution in [2.75, 3.05) is 21.3 Å². The molecule has 3 aromatic rings. The van der Waals surface area contributed by atoms with Gasteiger partial charge in [-0.1, -0.05) is 0 Å². The third-order valence-electron chi connectivity index (χ3n) is 3.72. The largest absolute Gasteiger partial charge is 0.504 e. The van der Waals surface area contributed by atoms with E-state index in [1.165, 1.54) is 7.11 Å². The lowest BCUT2D eigenvalue weighted by atomic mass is 10.0. The number of halogens is 1. The first-order valence-electron chi connectivity index (χ1n) is 7.06. The lowest BCUT2D eigenvalue weighted by Crippen LogP contribution is -1.93. The first kappa shape index (κ1) is 17.7. The Morgan fingerprint density at radius 3 is 2.12 bits per heavy atom. The molecule has 126 valence electrons. The van der Waals surface area contributed by atoms with E-state index in [2.05, 4.69) is 4.98 Å². The second kappa shape index (κ2) is 7.27. The number of phenolic OH excluding ortho intramolecular Hbond substituents is 1. The molecule has 2 aromatic carbocycles. The van der Waals surface area contributed by atoms with Crippen molar-refractivity contribution in [2.45, 2.75) is 0 Å². The van der Waals surface area contributed by atoms with Crippen molar-refractivity contribution in [1.82, 2.24) is 4.98 Å². The molecule has 0 radical (unpaired) electrons. The molecule has 0 spiro atoms. The Hall–Kier alpha value is -2.66. The van der Waals surface area contributed by atoms with Crippen molar-refractivity contribution >= 4 is 23.2 Å². The van der Waals surface area contributed by atoms with Crippen LogP contribution in [0.2, 0.25) is 0 Å². The zero-order chi connectivity index (χ0) is 16.4. The smallest absolute Gasteiger partial charge is 0.161 e. The molecule has 0 unspecified atom stereocenters. The van der Waals surface area contributed by atoms with Gasteiger partial charge in [0.05, 0.1) is 27.0 Å². The number of methoxy groups -OCH3 is 3. The molecule has 24 heavy (non-hydrogen) atoms. The average molecular weight is 348 g/mol. The maximum Gasteiger partial charge on any atom is 0.161 e. The first-order valence-corrected chi connectivity index (χ1v) is 7.06. The minimum absolute atomic E-state index is 0. The molecule has 0 aliphatic carbocycles. The van der Waals surface area contributed by atoms with E-state index < -0.39 is 0 Å². The predicted octanol–water partition coefficient (Wildman–Crippen LogP) is 4.06. The number of rotatable bonds is 4. The molecule has 0 aliphatic rings. The summed E-state index contributed by atoms with van der Waals surface area (Å²) in [6, 6.07) is 10.9. The van der Waals surface area contributed by atoms with Crippen molar-refractivity contribution in [3.63, 3.8) is 0 Å². The fraction of sp³-hybridized carbons (Fsp3) is 0.167. The molecule has 6 heteroatoms. The van der Waals surface area contributed by atoms with E-state index in [0.29, 0.717) is 17.2 Å². The summed E-state index contributed by atoms with van der Waals surface area (Å²) in [6.45, 7) is 0. The molecule has 0 atom stereocenters. The summed E-state index contributed by atoms with van der Waals surface area (Å²) in [5, 5.41) is 11.9. The highest BCUT2D eigenvalue weighted by Crippen LogP contribution is 2.38. The molecule has 0 bridgehead atoms. The van der Waals surface area contributed by atoms with Crippen molar-refractivity contribution in [2.24, 2.45) is 0 Å². The number of phenols is 1. The summed E-state index contributed by atoms with van der Waals surface area (Å²) >= 11 is 0. The molecule has 0 aliphatic heterocycles. The maximum atomic E-state index is 10.0. The van der Waals surface area contributed by atoms with Crippen molar-refractivity contribution < 1.29 is 19.3 Å². The van der Waals surface area contributed by atoms with Crippen LogP contribution in [0.4, 0.5) is 0 Å². The van der Waals surface area contributed by atoms with Gasteiger partial charge in [0.15, 0.2) is 23.0 Å². The van der Waals surface area contributed by atoms with E-state index in [9.17, 15) is 5.11 Å². The van der Waals surface area contributed by atoms with Crippen LogP contribution in [0, 0.1) is 0 Å². The number of pyridine rings is 1. The van der Waals surface area contributed by atoms with E-state index in [0.717, 1.165) is 22.0 Å². The maximum absolute atomic E-state index is 10.0. The van der Waals surface area contributed by atoms with Gasteiger partial charge in [-0.25, -0.2) is 0 Å². The van der Waals surface area contributed by atoms with Crippen LogP contribution in [0.25, 0.3) is 22.0 Å². The topological polar surface area (TPSA) is 60.8 Å². The summed E-state index contributed by atoms with van der Waals surface area (Å²) in [5.74, 6) is 1.79. The number of fused-ring (bicyclic) bond motifs is 1. The van der Waals surface area contributed by atoms with Crippen LogP contribution in [0.15, 0.2) is 42.6 Å². The van der Waals surface area contributed by atoms with Crippen LogP contribution in [0.1, 0.15) is 0 Å². The molecule has 3 rings (SSSR count). The molecule has 0 amide bonds. The second-order valence-corrected chi connectivity index (χ2v) is 4.97. The summed E-state index contributed by atoms with van der Waals surface area (Å²) in [4.78, 5) is 4.46. The summed E-state index contributed by atoms with van der Waals surface area (Å²) in [6.07, 6.45) is 1.73. The van der Waals surface area contributed by atoms with Crippen molar-refractivity contribution in [1.29, 1.82) is 0 Å². The molecule has 0 fully saturated rings. The van der Waals surface area contributed by atoms with Crippen LogP contribution in [0.3, 0.4) is 0 Å². The lowest BCUT2D eigenvalue weighted by Gasteiger charge is -2.12. The third-order valence-corrected chi connectivity index (χ3v) is 3.72. The number of hydrogen-bond donors (Lipinski definition) is 1. The molecule has 0 saturated carbocycles. The minimum atomic E-state index is 0. The molecular formula is C18H18ClNO4. The van der Waals surface area contributed by atoms with Crippen LogP contribution in [-0.2, 0) is 0 Å². The predicted molar refractivity (Wildman–Crippen MR) is 95.7 cm³/mol. The van der Waals surface area contributed by atoms with E-state index in [1.807, 2.05) is 24.3 Å². The molecule has 1 N–H and O–H groups in total. The molecule has 5 nitrogen and oxygen atoms in total. The highest BCUT2D eigenvalue weighted by Gasteiger charge is 2.12. The van der Waals surface area contributed by atoms with E-state index in [-0.39, 0.29) is 18.2 Å². The standard InChI is InChI=1S/C18H17NO4.ClH/c1-21-15-5-4-12(8-14(15)20)18-13-10-17(23-3)16(22-2)9-11(13)6-7-19-18;/h4-10,20H,1-3H3;1H. The monoisotopic (exact) mass is 347 g/mol. The number of ether oxygens (including phenoxy) is 3. The number of aromatic nitrogens is 1. The van der Waals surface area contributed by atoms with Gasteiger partial charge in [0.25, 0.3) is 0 Å². The van der Waals surface area contributed by atoms with Gasteiger partial charge in [-0.3, -0.25) is 4.98 Å². The van der Waals surface area contributed by atoms with Crippen LogP contribution < -0.4 is 14.2 Å². The van der Waals surface area contributed by atoms with Gasteiger partial charge in [0, 0.05) is 17.1 Å². The number of benzene rings is 2. The van der Waals surface area contributed by atoms with Crippen LogP contribution in [0.5, 0.6) is 23.0 Å². The Kier molecular flexibility index (Phi) is 5.36. The van der Waals surface area contributed by atoms with Crippen molar-refractivity contribution in [3.8, 4) is 34.3 Å². The highest BCUT2D eigenvalue weighted by molar-refractivity contribution is 5.96. The third kappa shape index (κ3) is 3.03. The van der Waals surface area contributed by atoms with Crippen LogP contribution in [-0.4, -0.2) is 31.4 Å². The molecule has 1 aromatic heterocycles. The van der Waals surface area contributed by atoms with Crippen LogP contribution >= 0.6 is 12.4 Å². The van der Waals surface area contributed by atoms with Gasteiger partial charge in [0.2, 0.25) is 0 Å². The van der Waals surface area contributed by atoms with Crippen molar-refractivity contribution in [3.05, 3.63) is 42.6 Å². The highest BCUT2D eigenvalue weighted by atomic mass is 35.5.